The predicted molar refractivity (Wildman–Crippen MR) is 84.2 cm³/mol. The van der Waals surface area contributed by atoms with Gasteiger partial charge in [-0.25, -0.2) is 4.98 Å². The molecule has 2 aromatic heterocycles. The summed E-state index contributed by atoms with van der Waals surface area (Å²) in [7, 11) is 0. The fraction of sp³-hybridized carbons (Fsp3) is 0.500. The van der Waals surface area contributed by atoms with E-state index in [1.54, 1.807) is 18.6 Å². The maximum Gasteiger partial charge on any atom is 0.255 e. The van der Waals surface area contributed by atoms with Gasteiger partial charge in [0.1, 0.15) is 6.10 Å². The van der Waals surface area contributed by atoms with Crippen LogP contribution in [0.2, 0.25) is 0 Å². The van der Waals surface area contributed by atoms with Gasteiger partial charge in [0.25, 0.3) is 5.91 Å². The second kappa shape index (κ2) is 6.76. The Morgan fingerprint density at radius 3 is 2.65 bits per heavy atom. The van der Waals surface area contributed by atoms with Crippen LogP contribution < -0.4 is 10.1 Å². The molecule has 1 fully saturated rings. The summed E-state index contributed by atoms with van der Waals surface area (Å²) in [4.78, 5) is 20.5. The highest BCUT2D eigenvalue weighted by molar-refractivity contribution is 5.96. The normalized spacial score (nSPS) is 21.0. The Bertz CT molecular complexity index is 643. The molecule has 0 aliphatic heterocycles. The van der Waals surface area contributed by atoms with Crippen LogP contribution >= 0.6 is 0 Å². The maximum atomic E-state index is 12.4. The number of nitrogens with zero attached hydrogens (tertiary/aromatic N) is 3. The molecule has 0 bridgehead atoms. The fourth-order valence-electron chi connectivity index (χ4n) is 2.99. The summed E-state index contributed by atoms with van der Waals surface area (Å²) in [5, 5.41) is 10.0. The average molecular weight is 315 g/mol. The lowest BCUT2D eigenvalue weighted by atomic mass is 9.92. The molecule has 23 heavy (non-hydrogen) atoms. The van der Waals surface area contributed by atoms with Crippen molar-refractivity contribution in [2.45, 2.75) is 51.7 Å². The quantitative estimate of drug-likeness (QED) is 0.899. The van der Waals surface area contributed by atoms with Crippen LogP contribution in [0.25, 0.3) is 0 Å². The number of amides is 1. The number of nitrogens with one attached hydrogen (secondary N) is 2. The van der Waals surface area contributed by atoms with Gasteiger partial charge < -0.3 is 10.1 Å². The third-order valence-corrected chi connectivity index (χ3v) is 4.19. The summed E-state index contributed by atoms with van der Waals surface area (Å²) in [5.41, 5.74) is 2.20. The van der Waals surface area contributed by atoms with Crippen LogP contribution in [0.15, 0.2) is 18.6 Å². The van der Waals surface area contributed by atoms with Gasteiger partial charge in [-0.1, -0.05) is 0 Å². The molecule has 0 unspecified atom stereocenters. The van der Waals surface area contributed by atoms with Crippen molar-refractivity contribution in [3.63, 3.8) is 0 Å². The second-order valence-corrected chi connectivity index (χ2v) is 5.92. The zero-order valence-corrected chi connectivity index (χ0v) is 13.4. The van der Waals surface area contributed by atoms with Crippen molar-refractivity contribution in [3.05, 3.63) is 35.5 Å². The van der Waals surface area contributed by atoms with E-state index in [1.165, 1.54) is 0 Å². The molecule has 122 valence electrons. The minimum atomic E-state index is -0.0490. The largest absolute Gasteiger partial charge is 0.473 e. The van der Waals surface area contributed by atoms with Crippen molar-refractivity contribution in [1.82, 2.24) is 25.5 Å². The number of carbonyl (C=O) groups is 1. The third-order valence-electron chi connectivity index (χ3n) is 4.19. The Hall–Kier alpha value is -2.44. The number of hydrogen-bond acceptors (Lipinski definition) is 5. The number of aromatic nitrogens is 4. The number of rotatable bonds is 4. The number of ether oxygens (including phenoxy) is 1. The van der Waals surface area contributed by atoms with Crippen molar-refractivity contribution in [1.29, 1.82) is 0 Å². The summed E-state index contributed by atoms with van der Waals surface area (Å²) in [6.45, 7) is 3.70. The van der Waals surface area contributed by atoms with E-state index in [4.69, 9.17) is 4.74 Å². The first-order chi connectivity index (χ1) is 11.1. The minimum Gasteiger partial charge on any atom is -0.473 e. The zero-order valence-electron chi connectivity index (χ0n) is 13.4. The van der Waals surface area contributed by atoms with Gasteiger partial charge in [-0.2, -0.15) is 5.10 Å². The Kier molecular flexibility index (Phi) is 4.55. The van der Waals surface area contributed by atoms with Gasteiger partial charge in [-0.15, -0.1) is 0 Å². The molecule has 1 amide bonds. The smallest absolute Gasteiger partial charge is 0.255 e. The van der Waals surface area contributed by atoms with E-state index in [1.807, 2.05) is 13.8 Å². The second-order valence-electron chi connectivity index (χ2n) is 5.92. The Balaban J connectivity index is 1.50. The standard InChI is InChI=1S/C16H21N5O2/c1-10-15(11(2)21-20-10)16(22)19-12-3-5-13(6-4-12)23-14-9-17-7-8-18-14/h7-9,12-13H,3-6H2,1-2H3,(H,19,22)(H,20,21). The first-order valence-electron chi connectivity index (χ1n) is 7.88. The monoisotopic (exact) mass is 315 g/mol. The molecule has 1 aliphatic rings. The molecule has 2 heterocycles. The first-order valence-corrected chi connectivity index (χ1v) is 7.88. The maximum absolute atomic E-state index is 12.4. The van der Waals surface area contributed by atoms with Crippen LogP contribution in [0.3, 0.4) is 0 Å². The fourth-order valence-corrected chi connectivity index (χ4v) is 2.99. The van der Waals surface area contributed by atoms with E-state index in [2.05, 4.69) is 25.5 Å². The summed E-state index contributed by atoms with van der Waals surface area (Å²) in [5.74, 6) is 0.511. The molecule has 2 N–H and O–H groups in total. The van der Waals surface area contributed by atoms with Crippen LogP contribution in [0.4, 0.5) is 0 Å². The molecule has 0 aromatic carbocycles. The van der Waals surface area contributed by atoms with Crippen molar-refractivity contribution in [2.24, 2.45) is 0 Å². The Morgan fingerprint density at radius 2 is 2.04 bits per heavy atom. The summed E-state index contributed by atoms with van der Waals surface area (Å²) < 4.78 is 5.82. The summed E-state index contributed by atoms with van der Waals surface area (Å²) in [6.07, 6.45) is 8.58. The van der Waals surface area contributed by atoms with Gasteiger partial charge >= 0.3 is 0 Å². The van der Waals surface area contributed by atoms with Gasteiger partial charge in [0, 0.05) is 24.1 Å². The Labute approximate surface area is 134 Å². The average Bonchev–Trinajstić information content (AvgIpc) is 2.89. The molecule has 0 atom stereocenters. The van der Waals surface area contributed by atoms with Crippen molar-refractivity contribution in [3.8, 4) is 5.88 Å². The molecule has 7 nitrogen and oxygen atoms in total. The molecule has 2 aromatic rings. The third kappa shape index (κ3) is 3.67. The molecule has 0 spiro atoms. The number of carbonyl (C=O) groups excluding carboxylic acids is 1. The highest BCUT2D eigenvalue weighted by Crippen LogP contribution is 2.23. The van der Waals surface area contributed by atoms with E-state index in [9.17, 15) is 4.79 Å². The predicted octanol–water partition coefficient (Wildman–Crippen LogP) is 1.94. The van der Waals surface area contributed by atoms with E-state index in [0.29, 0.717) is 11.4 Å². The lowest BCUT2D eigenvalue weighted by Gasteiger charge is -2.29. The molecule has 3 rings (SSSR count). The number of H-pyrrole nitrogens is 1. The minimum absolute atomic E-state index is 0.0490. The molecular formula is C16H21N5O2. The first kappa shape index (κ1) is 15.5. The van der Waals surface area contributed by atoms with Gasteiger partial charge in [0.05, 0.1) is 17.5 Å². The molecule has 0 saturated heterocycles. The lowest BCUT2D eigenvalue weighted by Crippen LogP contribution is -2.40. The molecule has 0 radical (unpaired) electrons. The molecule has 1 saturated carbocycles. The number of aryl methyl sites for hydroxylation is 2. The van der Waals surface area contributed by atoms with Crippen molar-refractivity contribution >= 4 is 5.91 Å². The van der Waals surface area contributed by atoms with Crippen LogP contribution in [-0.4, -0.2) is 38.2 Å². The van der Waals surface area contributed by atoms with Gasteiger partial charge in [0.15, 0.2) is 0 Å². The van der Waals surface area contributed by atoms with E-state index in [-0.39, 0.29) is 18.1 Å². The van der Waals surface area contributed by atoms with Crippen LogP contribution in [0, 0.1) is 13.8 Å². The van der Waals surface area contributed by atoms with Gasteiger partial charge in [-0.3, -0.25) is 14.9 Å². The van der Waals surface area contributed by atoms with Gasteiger partial charge in [-0.05, 0) is 39.5 Å². The molecular weight excluding hydrogens is 294 g/mol. The van der Waals surface area contributed by atoms with Crippen LogP contribution in [-0.2, 0) is 0 Å². The van der Waals surface area contributed by atoms with Crippen LogP contribution in [0.5, 0.6) is 5.88 Å². The molecule has 7 heteroatoms. The van der Waals surface area contributed by atoms with E-state index >= 15 is 0 Å². The SMILES string of the molecule is Cc1n[nH]c(C)c1C(=O)NC1CCC(Oc2cnccn2)CC1. The van der Waals surface area contributed by atoms with Crippen molar-refractivity contribution < 1.29 is 9.53 Å². The zero-order chi connectivity index (χ0) is 16.2. The number of aromatic amines is 1. The highest BCUT2D eigenvalue weighted by atomic mass is 16.5. The topological polar surface area (TPSA) is 92.8 Å². The van der Waals surface area contributed by atoms with Crippen LogP contribution in [0.1, 0.15) is 47.4 Å². The van der Waals surface area contributed by atoms with E-state index < -0.39 is 0 Å². The summed E-state index contributed by atoms with van der Waals surface area (Å²) >= 11 is 0. The molecule has 1 aliphatic carbocycles. The highest BCUT2D eigenvalue weighted by Gasteiger charge is 2.25. The Morgan fingerprint density at radius 1 is 1.26 bits per heavy atom. The van der Waals surface area contributed by atoms with Crippen molar-refractivity contribution in [2.75, 3.05) is 0 Å². The van der Waals surface area contributed by atoms with E-state index in [0.717, 1.165) is 37.1 Å². The lowest BCUT2D eigenvalue weighted by molar-refractivity contribution is 0.0888. The van der Waals surface area contributed by atoms with Gasteiger partial charge in [0.2, 0.25) is 5.88 Å². The summed E-state index contributed by atoms with van der Waals surface area (Å²) in [6, 6.07) is 0.179. The number of hydrogen-bond donors (Lipinski definition) is 2.